The largest absolute Gasteiger partial charge is 0.366 e. The summed E-state index contributed by atoms with van der Waals surface area (Å²) in [6.45, 7) is 5.27. The van der Waals surface area contributed by atoms with Gasteiger partial charge in [-0.05, 0) is 75.3 Å². The van der Waals surface area contributed by atoms with E-state index < -0.39 is 0 Å². The average Bonchev–Trinajstić information content (AvgIpc) is 2.64. The van der Waals surface area contributed by atoms with Gasteiger partial charge in [0.2, 0.25) is 0 Å². The van der Waals surface area contributed by atoms with Gasteiger partial charge in [0.05, 0.1) is 0 Å². The summed E-state index contributed by atoms with van der Waals surface area (Å²) in [5, 5.41) is 0. The number of nitrogens with zero attached hydrogens (tertiary/aromatic N) is 1. The molecule has 98 valence electrons. The number of benzene rings is 1. The second-order valence-electron chi connectivity index (χ2n) is 6.13. The Morgan fingerprint density at radius 2 is 1.78 bits per heavy atom. The molecule has 2 fully saturated rings. The van der Waals surface area contributed by atoms with Gasteiger partial charge in [0.25, 0.3) is 0 Å². The van der Waals surface area contributed by atoms with E-state index in [0.717, 1.165) is 24.5 Å². The molecule has 2 saturated heterocycles. The number of hydrogen-bond acceptors (Lipinski definition) is 2. The van der Waals surface area contributed by atoms with E-state index in [0.29, 0.717) is 0 Å². The Hall–Kier alpha value is -1.02. The molecular weight excluding hydrogens is 220 g/mol. The summed E-state index contributed by atoms with van der Waals surface area (Å²) in [5.74, 6) is 0.755. The van der Waals surface area contributed by atoms with E-state index in [1.165, 1.54) is 42.5 Å². The van der Waals surface area contributed by atoms with Gasteiger partial charge in [0.1, 0.15) is 0 Å². The molecule has 3 rings (SSSR count). The van der Waals surface area contributed by atoms with Crippen LogP contribution in [0.3, 0.4) is 0 Å². The van der Waals surface area contributed by atoms with Crippen LogP contribution in [-0.2, 0) is 0 Å². The van der Waals surface area contributed by atoms with Crippen LogP contribution in [0.25, 0.3) is 0 Å². The summed E-state index contributed by atoms with van der Waals surface area (Å²) in [7, 11) is 0. The molecule has 18 heavy (non-hydrogen) atoms. The van der Waals surface area contributed by atoms with Crippen molar-refractivity contribution in [3.05, 3.63) is 29.3 Å². The minimum absolute atomic E-state index is 0.736. The standard InChI is InChI=1S/C16H24N2/c1-11-3-4-14(7-12(11)2)18-15-5-6-16(18)9-13(8-15)10-17/h3-4,7,13,15-16H,5-6,8-10,17H2,1-2H3. The molecule has 1 aromatic rings. The summed E-state index contributed by atoms with van der Waals surface area (Å²) >= 11 is 0. The highest BCUT2D eigenvalue weighted by atomic mass is 15.2. The van der Waals surface area contributed by atoms with Crippen molar-refractivity contribution in [3.63, 3.8) is 0 Å². The number of aryl methyl sites for hydroxylation is 2. The molecule has 0 aromatic heterocycles. The summed E-state index contributed by atoms with van der Waals surface area (Å²) in [4.78, 5) is 2.68. The first-order valence-electron chi connectivity index (χ1n) is 7.24. The van der Waals surface area contributed by atoms with Crippen molar-refractivity contribution in [2.45, 2.75) is 51.6 Å². The van der Waals surface area contributed by atoms with Gasteiger partial charge in [0, 0.05) is 17.8 Å². The third-order valence-corrected chi connectivity index (χ3v) is 4.95. The van der Waals surface area contributed by atoms with E-state index in [1.807, 2.05) is 0 Å². The normalized spacial score (nSPS) is 30.8. The van der Waals surface area contributed by atoms with E-state index in [9.17, 15) is 0 Å². The molecule has 2 aliphatic rings. The molecule has 2 heterocycles. The van der Waals surface area contributed by atoms with Crippen molar-refractivity contribution in [2.75, 3.05) is 11.4 Å². The molecule has 2 unspecified atom stereocenters. The van der Waals surface area contributed by atoms with Gasteiger partial charge in [-0.2, -0.15) is 0 Å². The quantitative estimate of drug-likeness (QED) is 0.866. The Morgan fingerprint density at radius 3 is 2.33 bits per heavy atom. The SMILES string of the molecule is Cc1ccc(N2C3CCC2CC(CN)C3)cc1C. The van der Waals surface area contributed by atoms with Gasteiger partial charge >= 0.3 is 0 Å². The molecule has 1 aromatic carbocycles. The lowest BCUT2D eigenvalue weighted by Gasteiger charge is -2.40. The van der Waals surface area contributed by atoms with E-state index in [2.05, 4.69) is 36.9 Å². The van der Waals surface area contributed by atoms with E-state index in [1.54, 1.807) is 0 Å². The van der Waals surface area contributed by atoms with E-state index in [4.69, 9.17) is 5.73 Å². The smallest absolute Gasteiger partial charge is 0.0374 e. The van der Waals surface area contributed by atoms with E-state index >= 15 is 0 Å². The fraction of sp³-hybridized carbons (Fsp3) is 0.625. The van der Waals surface area contributed by atoms with Gasteiger partial charge in [-0.15, -0.1) is 0 Å². The zero-order valence-electron chi connectivity index (χ0n) is 11.5. The van der Waals surface area contributed by atoms with Crippen molar-refractivity contribution < 1.29 is 0 Å². The topological polar surface area (TPSA) is 29.3 Å². The summed E-state index contributed by atoms with van der Waals surface area (Å²) in [6, 6.07) is 8.40. The van der Waals surface area contributed by atoms with Crippen LogP contribution in [0.4, 0.5) is 5.69 Å². The molecule has 2 N–H and O–H groups in total. The van der Waals surface area contributed by atoms with Crippen LogP contribution in [0.1, 0.15) is 36.8 Å². The highest BCUT2D eigenvalue weighted by Gasteiger charge is 2.40. The number of fused-ring (bicyclic) bond motifs is 2. The van der Waals surface area contributed by atoms with Crippen molar-refractivity contribution in [1.29, 1.82) is 0 Å². The number of rotatable bonds is 2. The number of nitrogens with two attached hydrogens (primary N) is 1. The first kappa shape index (κ1) is 12.0. The summed E-state index contributed by atoms with van der Waals surface area (Å²) in [6.07, 6.45) is 5.29. The Kier molecular flexibility index (Phi) is 3.06. The molecule has 2 aliphatic heterocycles. The van der Waals surface area contributed by atoms with Crippen LogP contribution in [0.15, 0.2) is 18.2 Å². The number of anilines is 1. The lowest BCUT2D eigenvalue weighted by atomic mass is 9.90. The fourth-order valence-electron chi connectivity index (χ4n) is 3.79. The molecule has 0 radical (unpaired) electrons. The monoisotopic (exact) mass is 244 g/mol. The molecule has 0 aliphatic carbocycles. The van der Waals surface area contributed by atoms with Gasteiger partial charge in [-0.25, -0.2) is 0 Å². The average molecular weight is 244 g/mol. The third-order valence-electron chi connectivity index (χ3n) is 4.95. The van der Waals surface area contributed by atoms with Crippen molar-refractivity contribution in [2.24, 2.45) is 11.7 Å². The molecule has 2 atom stereocenters. The van der Waals surface area contributed by atoms with Crippen LogP contribution >= 0.6 is 0 Å². The lowest BCUT2D eigenvalue weighted by Crippen LogP contribution is -2.44. The molecule has 0 saturated carbocycles. The zero-order chi connectivity index (χ0) is 12.7. The molecular formula is C16H24N2. The van der Waals surface area contributed by atoms with Crippen LogP contribution < -0.4 is 10.6 Å². The Balaban J connectivity index is 1.87. The zero-order valence-corrected chi connectivity index (χ0v) is 11.5. The Morgan fingerprint density at radius 1 is 1.11 bits per heavy atom. The van der Waals surface area contributed by atoms with E-state index in [-0.39, 0.29) is 0 Å². The van der Waals surface area contributed by atoms with Crippen LogP contribution in [0, 0.1) is 19.8 Å². The molecule has 0 amide bonds. The first-order chi connectivity index (χ1) is 8.69. The van der Waals surface area contributed by atoms with Gasteiger partial charge in [-0.1, -0.05) is 6.07 Å². The minimum Gasteiger partial charge on any atom is -0.366 e. The second kappa shape index (κ2) is 4.58. The predicted octanol–water partition coefficient (Wildman–Crippen LogP) is 3.01. The van der Waals surface area contributed by atoms with Crippen LogP contribution in [-0.4, -0.2) is 18.6 Å². The van der Waals surface area contributed by atoms with Crippen LogP contribution in [0.2, 0.25) is 0 Å². The lowest BCUT2D eigenvalue weighted by molar-refractivity contribution is 0.347. The second-order valence-corrected chi connectivity index (χ2v) is 6.13. The van der Waals surface area contributed by atoms with Crippen molar-refractivity contribution in [1.82, 2.24) is 0 Å². The number of piperidine rings is 1. The molecule has 2 nitrogen and oxygen atoms in total. The van der Waals surface area contributed by atoms with Gasteiger partial charge in [0.15, 0.2) is 0 Å². The molecule has 0 spiro atoms. The maximum absolute atomic E-state index is 5.87. The van der Waals surface area contributed by atoms with Gasteiger partial charge in [-0.3, -0.25) is 0 Å². The maximum Gasteiger partial charge on any atom is 0.0374 e. The highest BCUT2D eigenvalue weighted by molar-refractivity contribution is 5.53. The van der Waals surface area contributed by atoms with Crippen LogP contribution in [0.5, 0.6) is 0 Å². The first-order valence-corrected chi connectivity index (χ1v) is 7.24. The Bertz CT molecular complexity index is 427. The molecule has 2 heteroatoms. The van der Waals surface area contributed by atoms with Gasteiger partial charge < -0.3 is 10.6 Å². The van der Waals surface area contributed by atoms with Crippen molar-refractivity contribution in [3.8, 4) is 0 Å². The third kappa shape index (κ3) is 1.93. The Labute approximate surface area is 110 Å². The van der Waals surface area contributed by atoms with Crippen molar-refractivity contribution >= 4 is 5.69 Å². The highest BCUT2D eigenvalue weighted by Crippen LogP contribution is 2.41. The summed E-state index contributed by atoms with van der Waals surface area (Å²) < 4.78 is 0. The predicted molar refractivity (Wildman–Crippen MR) is 77.0 cm³/mol. The molecule has 2 bridgehead atoms. The number of hydrogen-bond donors (Lipinski definition) is 1. The minimum atomic E-state index is 0.736. The maximum atomic E-state index is 5.87. The summed E-state index contributed by atoms with van der Waals surface area (Å²) in [5.41, 5.74) is 10.1. The fourth-order valence-corrected chi connectivity index (χ4v) is 3.79.